The molecule has 1 saturated heterocycles. The number of benzene rings is 2. The lowest BCUT2D eigenvalue weighted by Gasteiger charge is -2.25. The Bertz CT molecular complexity index is 539. The van der Waals surface area contributed by atoms with Crippen LogP contribution in [0, 0.1) is 6.92 Å². The zero-order chi connectivity index (χ0) is 13.1. The van der Waals surface area contributed by atoms with Crippen LogP contribution < -0.4 is 0 Å². The molecular weight excluding hydrogens is 232 g/mol. The lowest BCUT2D eigenvalue weighted by atomic mass is 9.84. The van der Waals surface area contributed by atoms with E-state index in [0.717, 1.165) is 26.1 Å². The Kier molecular flexibility index (Phi) is 3.65. The van der Waals surface area contributed by atoms with Crippen LogP contribution in [0.15, 0.2) is 48.5 Å². The highest BCUT2D eigenvalue weighted by Crippen LogP contribution is 2.36. The van der Waals surface area contributed by atoms with Gasteiger partial charge in [0.25, 0.3) is 0 Å². The van der Waals surface area contributed by atoms with Gasteiger partial charge in [-0.25, -0.2) is 0 Å². The molecule has 0 saturated carbocycles. The predicted octanol–water partition coefficient (Wildman–Crippen LogP) is 4.56. The molecule has 2 aromatic rings. The molecule has 1 heterocycles. The number of hydrogen-bond acceptors (Lipinski definition) is 1. The topological polar surface area (TPSA) is 9.23 Å². The summed E-state index contributed by atoms with van der Waals surface area (Å²) < 4.78 is 5.50. The predicted molar refractivity (Wildman–Crippen MR) is 79.4 cm³/mol. The van der Waals surface area contributed by atoms with Gasteiger partial charge in [-0.3, -0.25) is 0 Å². The Hall–Kier alpha value is -1.60. The van der Waals surface area contributed by atoms with Crippen LogP contribution in [0.25, 0.3) is 11.1 Å². The second kappa shape index (κ2) is 5.58. The normalized spacial score (nSPS) is 16.5. The summed E-state index contributed by atoms with van der Waals surface area (Å²) in [6, 6.07) is 17.4. The van der Waals surface area contributed by atoms with Crippen molar-refractivity contribution in [1.29, 1.82) is 0 Å². The molecule has 0 atom stereocenters. The third kappa shape index (κ3) is 2.57. The molecule has 1 fully saturated rings. The van der Waals surface area contributed by atoms with Gasteiger partial charge in [0.1, 0.15) is 0 Å². The number of rotatable bonds is 2. The molecule has 98 valence electrons. The first-order chi connectivity index (χ1) is 9.36. The van der Waals surface area contributed by atoms with Gasteiger partial charge < -0.3 is 4.74 Å². The Balaban J connectivity index is 2.07. The van der Waals surface area contributed by atoms with Gasteiger partial charge in [-0.1, -0.05) is 48.5 Å². The fourth-order valence-corrected chi connectivity index (χ4v) is 3.04. The van der Waals surface area contributed by atoms with E-state index in [4.69, 9.17) is 4.74 Å². The molecule has 1 aliphatic rings. The molecule has 0 spiro atoms. The lowest BCUT2D eigenvalue weighted by Crippen LogP contribution is -2.15. The molecule has 0 unspecified atom stereocenters. The van der Waals surface area contributed by atoms with Crippen molar-refractivity contribution in [3.63, 3.8) is 0 Å². The maximum absolute atomic E-state index is 5.50. The summed E-state index contributed by atoms with van der Waals surface area (Å²) in [7, 11) is 0. The molecule has 1 nitrogen and oxygen atoms in total. The Morgan fingerprint density at radius 2 is 1.63 bits per heavy atom. The Morgan fingerprint density at radius 3 is 2.37 bits per heavy atom. The van der Waals surface area contributed by atoms with Crippen molar-refractivity contribution in [2.24, 2.45) is 0 Å². The van der Waals surface area contributed by atoms with Crippen molar-refractivity contribution in [1.82, 2.24) is 0 Å². The SMILES string of the molecule is Cc1cccc(C2CCOCC2)c1-c1ccccc1. The third-order valence-corrected chi connectivity index (χ3v) is 4.03. The first-order valence-corrected chi connectivity index (χ1v) is 7.09. The van der Waals surface area contributed by atoms with Crippen molar-refractivity contribution in [3.05, 3.63) is 59.7 Å². The fourth-order valence-electron chi connectivity index (χ4n) is 3.04. The van der Waals surface area contributed by atoms with Crippen molar-refractivity contribution < 1.29 is 4.74 Å². The van der Waals surface area contributed by atoms with Crippen LogP contribution in [0.1, 0.15) is 29.9 Å². The van der Waals surface area contributed by atoms with Crippen LogP contribution in [0.3, 0.4) is 0 Å². The van der Waals surface area contributed by atoms with Gasteiger partial charge >= 0.3 is 0 Å². The van der Waals surface area contributed by atoms with Crippen LogP contribution in [0.5, 0.6) is 0 Å². The van der Waals surface area contributed by atoms with Crippen LogP contribution >= 0.6 is 0 Å². The van der Waals surface area contributed by atoms with Crippen molar-refractivity contribution in [2.45, 2.75) is 25.7 Å². The third-order valence-electron chi connectivity index (χ3n) is 4.03. The molecule has 0 aromatic heterocycles. The van der Waals surface area contributed by atoms with E-state index < -0.39 is 0 Å². The molecule has 1 aliphatic heterocycles. The monoisotopic (exact) mass is 252 g/mol. The van der Waals surface area contributed by atoms with E-state index in [2.05, 4.69) is 55.5 Å². The zero-order valence-corrected chi connectivity index (χ0v) is 11.4. The molecule has 0 N–H and O–H groups in total. The molecule has 19 heavy (non-hydrogen) atoms. The average molecular weight is 252 g/mol. The second-order valence-electron chi connectivity index (χ2n) is 5.29. The first kappa shape index (κ1) is 12.4. The van der Waals surface area contributed by atoms with Crippen LogP contribution in [-0.2, 0) is 4.74 Å². The molecule has 1 heteroatoms. The van der Waals surface area contributed by atoms with Crippen LogP contribution in [0.2, 0.25) is 0 Å². The highest BCUT2D eigenvalue weighted by Gasteiger charge is 2.20. The van der Waals surface area contributed by atoms with E-state index in [-0.39, 0.29) is 0 Å². The lowest BCUT2D eigenvalue weighted by molar-refractivity contribution is 0.0854. The quantitative estimate of drug-likeness (QED) is 0.761. The molecular formula is C18H20O. The molecule has 0 radical (unpaired) electrons. The van der Waals surface area contributed by atoms with E-state index >= 15 is 0 Å². The van der Waals surface area contributed by atoms with Gasteiger partial charge in [0.15, 0.2) is 0 Å². The minimum atomic E-state index is 0.642. The first-order valence-electron chi connectivity index (χ1n) is 7.09. The molecule has 0 bridgehead atoms. The zero-order valence-electron chi connectivity index (χ0n) is 11.4. The summed E-state index contributed by atoms with van der Waals surface area (Å²) in [5.41, 5.74) is 5.63. The van der Waals surface area contributed by atoms with Gasteiger partial charge in [0.05, 0.1) is 0 Å². The van der Waals surface area contributed by atoms with Gasteiger partial charge in [-0.15, -0.1) is 0 Å². The summed E-state index contributed by atoms with van der Waals surface area (Å²) in [5.74, 6) is 0.642. The Morgan fingerprint density at radius 1 is 0.895 bits per heavy atom. The van der Waals surface area contributed by atoms with Crippen molar-refractivity contribution in [2.75, 3.05) is 13.2 Å². The number of hydrogen-bond donors (Lipinski definition) is 0. The standard InChI is InChI=1S/C18H20O/c1-14-6-5-9-17(15-10-12-19-13-11-15)18(14)16-7-3-2-4-8-16/h2-9,15H,10-13H2,1H3. The van der Waals surface area contributed by atoms with E-state index in [0.29, 0.717) is 5.92 Å². The van der Waals surface area contributed by atoms with Crippen molar-refractivity contribution in [3.8, 4) is 11.1 Å². The fraction of sp³-hybridized carbons (Fsp3) is 0.333. The summed E-state index contributed by atoms with van der Waals surface area (Å²) in [6.45, 7) is 4.00. The summed E-state index contributed by atoms with van der Waals surface area (Å²) in [4.78, 5) is 0. The second-order valence-corrected chi connectivity index (χ2v) is 5.29. The largest absolute Gasteiger partial charge is 0.381 e. The maximum Gasteiger partial charge on any atom is 0.0471 e. The van der Waals surface area contributed by atoms with Gasteiger partial charge in [-0.05, 0) is 47.9 Å². The Labute approximate surface area is 115 Å². The summed E-state index contributed by atoms with van der Waals surface area (Å²) in [5, 5.41) is 0. The van der Waals surface area contributed by atoms with Crippen LogP contribution in [-0.4, -0.2) is 13.2 Å². The van der Waals surface area contributed by atoms with Crippen molar-refractivity contribution >= 4 is 0 Å². The van der Waals surface area contributed by atoms with E-state index in [1.165, 1.54) is 22.3 Å². The highest BCUT2D eigenvalue weighted by atomic mass is 16.5. The summed E-state index contributed by atoms with van der Waals surface area (Å²) >= 11 is 0. The highest BCUT2D eigenvalue weighted by molar-refractivity contribution is 5.71. The molecule has 0 aliphatic carbocycles. The number of ether oxygens (including phenoxy) is 1. The van der Waals surface area contributed by atoms with Gasteiger partial charge in [-0.2, -0.15) is 0 Å². The molecule has 2 aromatic carbocycles. The van der Waals surface area contributed by atoms with E-state index in [1.807, 2.05) is 0 Å². The van der Waals surface area contributed by atoms with Gasteiger partial charge in [0, 0.05) is 13.2 Å². The minimum Gasteiger partial charge on any atom is -0.381 e. The molecule has 3 rings (SSSR count). The number of aryl methyl sites for hydroxylation is 1. The van der Waals surface area contributed by atoms with E-state index in [9.17, 15) is 0 Å². The van der Waals surface area contributed by atoms with Gasteiger partial charge in [0.2, 0.25) is 0 Å². The van der Waals surface area contributed by atoms with E-state index in [1.54, 1.807) is 0 Å². The maximum atomic E-state index is 5.50. The molecule has 0 amide bonds. The van der Waals surface area contributed by atoms with Crippen LogP contribution in [0.4, 0.5) is 0 Å². The summed E-state index contributed by atoms with van der Waals surface area (Å²) in [6.07, 6.45) is 2.28. The smallest absolute Gasteiger partial charge is 0.0471 e. The average Bonchev–Trinajstić information content (AvgIpc) is 2.49. The minimum absolute atomic E-state index is 0.642.